The van der Waals surface area contributed by atoms with E-state index in [0.29, 0.717) is 0 Å². The summed E-state index contributed by atoms with van der Waals surface area (Å²) >= 11 is 0. The molecule has 0 aliphatic heterocycles. The summed E-state index contributed by atoms with van der Waals surface area (Å²) in [6.07, 6.45) is 5.15. The second-order valence-corrected chi connectivity index (χ2v) is 5.50. The molecule has 0 bridgehead atoms. The van der Waals surface area contributed by atoms with Crippen molar-refractivity contribution in [2.75, 3.05) is 0 Å². The van der Waals surface area contributed by atoms with E-state index in [1.807, 2.05) is 16.9 Å². The molecule has 3 rings (SSSR count). The Balaban J connectivity index is 1.96. The fraction of sp³-hybridized carbons (Fsp3) is 0.467. The van der Waals surface area contributed by atoms with Gasteiger partial charge in [0.1, 0.15) is 0 Å². The summed E-state index contributed by atoms with van der Waals surface area (Å²) in [7, 11) is 0. The molecule has 1 saturated carbocycles. The van der Waals surface area contributed by atoms with Gasteiger partial charge in [-0.2, -0.15) is 0 Å². The highest BCUT2D eigenvalue weighted by Gasteiger charge is 2.52. The first-order valence-corrected chi connectivity index (χ1v) is 7.22. The van der Waals surface area contributed by atoms with Gasteiger partial charge in [0.2, 0.25) is 0 Å². The molecule has 1 aromatic heterocycles. The lowest BCUT2D eigenvalue weighted by molar-refractivity contribution is 0.400. The Bertz CT molecular complexity index is 559. The molecule has 1 aliphatic rings. The number of aryl methyl sites for hydroxylation is 1. The van der Waals surface area contributed by atoms with Crippen molar-refractivity contribution in [3.05, 3.63) is 47.8 Å². The van der Waals surface area contributed by atoms with Crippen LogP contribution in [0.1, 0.15) is 43.5 Å². The number of nitrogens with zero attached hydrogens (tertiary/aromatic N) is 3. The minimum Gasteiger partial charge on any atom is -0.271 e. The SMILES string of the molecule is CCCn1nncc1C(NN)C1(c2ccccc2)CC1. The van der Waals surface area contributed by atoms with Crippen molar-refractivity contribution in [1.29, 1.82) is 0 Å². The van der Waals surface area contributed by atoms with Crippen molar-refractivity contribution in [1.82, 2.24) is 20.4 Å². The molecule has 0 spiro atoms. The van der Waals surface area contributed by atoms with Crippen LogP contribution >= 0.6 is 0 Å². The van der Waals surface area contributed by atoms with Crippen molar-refractivity contribution in [3.8, 4) is 0 Å². The van der Waals surface area contributed by atoms with E-state index in [0.717, 1.165) is 31.5 Å². The third-order valence-electron chi connectivity index (χ3n) is 4.24. The van der Waals surface area contributed by atoms with E-state index in [1.165, 1.54) is 5.56 Å². The molecule has 1 aliphatic carbocycles. The number of rotatable bonds is 6. The molecule has 2 aromatic rings. The van der Waals surface area contributed by atoms with Crippen LogP contribution in [0, 0.1) is 0 Å². The van der Waals surface area contributed by atoms with E-state index in [9.17, 15) is 0 Å². The Labute approximate surface area is 119 Å². The van der Waals surface area contributed by atoms with Gasteiger partial charge in [-0.25, -0.2) is 4.68 Å². The number of hydrogen-bond donors (Lipinski definition) is 2. The molecule has 3 N–H and O–H groups in total. The predicted octanol–water partition coefficient (Wildman–Crippen LogP) is 1.92. The molecule has 0 saturated heterocycles. The lowest BCUT2D eigenvalue weighted by atomic mass is 9.86. The number of benzene rings is 1. The topological polar surface area (TPSA) is 68.8 Å². The van der Waals surface area contributed by atoms with Gasteiger partial charge in [-0.05, 0) is 24.8 Å². The lowest BCUT2D eigenvalue weighted by Crippen LogP contribution is -2.38. The smallest absolute Gasteiger partial charge is 0.0779 e. The number of hydrogen-bond acceptors (Lipinski definition) is 4. The fourth-order valence-corrected chi connectivity index (χ4v) is 3.05. The highest BCUT2D eigenvalue weighted by molar-refractivity contribution is 5.36. The fourth-order valence-electron chi connectivity index (χ4n) is 3.05. The second kappa shape index (κ2) is 5.34. The lowest BCUT2D eigenvalue weighted by Gasteiger charge is -2.27. The molecule has 20 heavy (non-hydrogen) atoms. The van der Waals surface area contributed by atoms with Gasteiger partial charge in [0.25, 0.3) is 0 Å². The zero-order chi connectivity index (χ0) is 14.0. The van der Waals surface area contributed by atoms with Crippen LogP contribution in [0.25, 0.3) is 0 Å². The van der Waals surface area contributed by atoms with E-state index in [4.69, 9.17) is 5.84 Å². The van der Waals surface area contributed by atoms with Gasteiger partial charge in [-0.3, -0.25) is 11.3 Å². The van der Waals surface area contributed by atoms with Gasteiger partial charge in [-0.1, -0.05) is 42.5 Å². The maximum absolute atomic E-state index is 5.87. The Morgan fingerprint density at radius 1 is 1.35 bits per heavy atom. The molecule has 1 atom stereocenters. The third kappa shape index (κ3) is 2.13. The van der Waals surface area contributed by atoms with Crippen LogP contribution in [-0.2, 0) is 12.0 Å². The molecule has 1 fully saturated rings. The maximum Gasteiger partial charge on any atom is 0.0779 e. The Morgan fingerprint density at radius 3 is 2.70 bits per heavy atom. The van der Waals surface area contributed by atoms with Gasteiger partial charge in [-0.15, -0.1) is 5.10 Å². The van der Waals surface area contributed by atoms with Crippen LogP contribution < -0.4 is 11.3 Å². The Morgan fingerprint density at radius 2 is 2.10 bits per heavy atom. The molecular weight excluding hydrogens is 250 g/mol. The zero-order valence-corrected chi connectivity index (χ0v) is 11.8. The molecule has 106 valence electrons. The van der Waals surface area contributed by atoms with E-state index >= 15 is 0 Å². The average Bonchev–Trinajstić information content (AvgIpc) is 3.17. The summed E-state index contributed by atoms with van der Waals surface area (Å²) in [5.74, 6) is 5.87. The number of hydrazine groups is 1. The monoisotopic (exact) mass is 271 g/mol. The van der Waals surface area contributed by atoms with Gasteiger partial charge in [0.05, 0.1) is 17.9 Å². The first kappa shape index (κ1) is 13.3. The predicted molar refractivity (Wildman–Crippen MR) is 77.7 cm³/mol. The zero-order valence-electron chi connectivity index (χ0n) is 11.8. The largest absolute Gasteiger partial charge is 0.271 e. The minimum atomic E-state index is 0.0615. The van der Waals surface area contributed by atoms with E-state index < -0.39 is 0 Å². The van der Waals surface area contributed by atoms with E-state index in [1.54, 1.807) is 0 Å². The van der Waals surface area contributed by atoms with E-state index in [2.05, 4.69) is 46.9 Å². The van der Waals surface area contributed by atoms with Crippen LogP contribution in [0.3, 0.4) is 0 Å². The summed E-state index contributed by atoms with van der Waals surface area (Å²) < 4.78 is 1.97. The number of aromatic nitrogens is 3. The van der Waals surface area contributed by atoms with Crippen LogP contribution in [0.2, 0.25) is 0 Å². The summed E-state index contributed by atoms with van der Waals surface area (Å²) in [6.45, 7) is 3.01. The van der Waals surface area contributed by atoms with Gasteiger partial charge >= 0.3 is 0 Å². The normalized spacial score (nSPS) is 17.9. The van der Waals surface area contributed by atoms with Crippen LogP contribution in [0.15, 0.2) is 36.5 Å². The van der Waals surface area contributed by atoms with Crippen LogP contribution in [0.5, 0.6) is 0 Å². The molecule has 1 aromatic carbocycles. The standard InChI is InChI=1S/C15H21N5/c1-2-10-20-13(11-17-19-20)14(18-16)15(8-9-15)12-6-4-3-5-7-12/h3-7,11,14,18H,2,8-10,16H2,1H3. The molecule has 0 radical (unpaired) electrons. The third-order valence-corrected chi connectivity index (χ3v) is 4.24. The summed E-state index contributed by atoms with van der Waals surface area (Å²) in [6, 6.07) is 10.7. The summed E-state index contributed by atoms with van der Waals surface area (Å²) in [5, 5.41) is 8.24. The van der Waals surface area contributed by atoms with Crippen LogP contribution in [0.4, 0.5) is 0 Å². The molecular formula is C15H21N5. The highest BCUT2D eigenvalue weighted by atomic mass is 15.4. The van der Waals surface area contributed by atoms with E-state index in [-0.39, 0.29) is 11.5 Å². The average molecular weight is 271 g/mol. The molecule has 1 heterocycles. The Kier molecular flexibility index (Phi) is 3.54. The maximum atomic E-state index is 5.87. The summed E-state index contributed by atoms with van der Waals surface area (Å²) in [5.41, 5.74) is 5.51. The van der Waals surface area contributed by atoms with Crippen LogP contribution in [-0.4, -0.2) is 15.0 Å². The number of nitrogens with two attached hydrogens (primary N) is 1. The van der Waals surface area contributed by atoms with Crippen molar-refractivity contribution >= 4 is 0 Å². The minimum absolute atomic E-state index is 0.0615. The molecule has 0 amide bonds. The van der Waals surface area contributed by atoms with Crippen molar-refractivity contribution in [2.45, 2.75) is 44.2 Å². The molecule has 5 heteroatoms. The molecule has 1 unspecified atom stereocenters. The van der Waals surface area contributed by atoms with Crippen molar-refractivity contribution < 1.29 is 0 Å². The summed E-state index contributed by atoms with van der Waals surface area (Å²) in [4.78, 5) is 0. The van der Waals surface area contributed by atoms with Gasteiger partial charge in [0.15, 0.2) is 0 Å². The quantitative estimate of drug-likeness (QED) is 0.622. The number of nitrogens with one attached hydrogen (secondary N) is 1. The van der Waals surface area contributed by atoms with Crippen molar-refractivity contribution in [2.24, 2.45) is 5.84 Å². The Hall–Kier alpha value is -1.72. The van der Waals surface area contributed by atoms with Gasteiger partial charge in [0, 0.05) is 12.0 Å². The first-order valence-electron chi connectivity index (χ1n) is 7.22. The highest BCUT2D eigenvalue weighted by Crippen LogP contribution is 2.56. The first-order chi connectivity index (χ1) is 9.81. The van der Waals surface area contributed by atoms with Crippen molar-refractivity contribution in [3.63, 3.8) is 0 Å². The van der Waals surface area contributed by atoms with Gasteiger partial charge < -0.3 is 0 Å². The molecule has 5 nitrogen and oxygen atoms in total. The second-order valence-electron chi connectivity index (χ2n) is 5.50.